The molecule has 2 nitrogen and oxygen atoms in total. The molecule has 3 atom stereocenters. The van der Waals surface area contributed by atoms with E-state index in [4.69, 9.17) is 5.26 Å². The molecule has 0 radical (unpaired) electrons. The highest BCUT2D eigenvalue weighted by Crippen LogP contribution is 2.42. The third-order valence-corrected chi connectivity index (χ3v) is 3.30. The van der Waals surface area contributed by atoms with Gasteiger partial charge in [-0.1, -0.05) is 20.8 Å². The van der Waals surface area contributed by atoms with Crippen LogP contribution in [0.1, 0.15) is 40.0 Å². The number of aliphatic hydroxyl groups is 1. The van der Waals surface area contributed by atoms with Crippen LogP contribution < -0.4 is 0 Å². The van der Waals surface area contributed by atoms with E-state index < -0.39 is 11.8 Å². The Balaban J connectivity index is 2.70. The Morgan fingerprint density at radius 1 is 1.50 bits per heavy atom. The number of halogens is 1. The maximum absolute atomic E-state index is 13.5. The van der Waals surface area contributed by atoms with Crippen molar-refractivity contribution in [3.05, 3.63) is 0 Å². The lowest BCUT2D eigenvalue weighted by Crippen LogP contribution is -2.45. The number of hydrogen-bond acceptors (Lipinski definition) is 2. The van der Waals surface area contributed by atoms with Crippen molar-refractivity contribution in [3.8, 4) is 6.07 Å². The third-order valence-electron chi connectivity index (χ3n) is 3.30. The summed E-state index contributed by atoms with van der Waals surface area (Å²) in [6.45, 7) is 6.21. The van der Waals surface area contributed by atoms with E-state index >= 15 is 0 Å². The minimum absolute atomic E-state index is 0.0567. The summed E-state index contributed by atoms with van der Waals surface area (Å²) in [5.41, 5.74) is -1.68. The van der Waals surface area contributed by atoms with Crippen molar-refractivity contribution in [1.29, 1.82) is 5.26 Å². The second-order valence-electron chi connectivity index (χ2n) is 5.34. The van der Waals surface area contributed by atoms with E-state index in [2.05, 4.69) is 20.8 Å². The van der Waals surface area contributed by atoms with Gasteiger partial charge in [0, 0.05) is 0 Å². The van der Waals surface area contributed by atoms with E-state index in [1.54, 1.807) is 6.07 Å². The van der Waals surface area contributed by atoms with Gasteiger partial charge in [-0.2, -0.15) is 5.26 Å². The first kappa shape index (κ1) is 11.5. The fraction of sp³-hybridized carbons (Fsp3) is 0.909. The summed E-state index contributed by atoms with van der Waals surface area (Å²) in [5, 5.41) is 18.3. The number of rotatable bonds is 0. The maximum atomic E-state index is 13.5. The normalized spacial score (nSPS) is 39.1. The predicted molar refractivity (Wildman–Crippen MR) is 52.3 cm³/mol. The molecule has 1 fully saturated rings. The minimum Gasteiger partial charge on any atom is -0.373 e. The van der Waals surface area contributed by atoms with Crippen LogP contribution >= 0.6 is 0 Å². The molecule has 0 aromatic rings. The van der Waals surface area contributed by atoms with Crippen molar-refractivity contribution in [2.75, 3.05) is 0 Å². The Hall–Kier alpha value is -0.620. The van der Waals surface area contributed by atoms with E-state index in [9.17, 15) is 9.50 Å². The van der Waals surface area contributed by atoms with Gasteiger partial charge in [0.1, 0.15) is 12.2 Å². The van der Waals surface area contributed by atoms with Gasteiger partial charge in [-0.3, -0.25) is 0 Å². The molecule has 0 aliphatic heterocycles. The van der Waals surface area contributed by atoms with Crippen molar-refractivity contribution >= 4 is 0 Å². The van der Waals surface area contributed by atoms with Crippen LogP contribution in [0.15, 0.2) is 0 Å². The smallest absolute Gasteiger partial charge is 0.182 e. The molecule has 0 saturated heterocycles. The van der Waals surface area contributed by atoms with Crippen LogP contribution in [-0.2, 0) is 0 Å². The van der Waals surface area contributed by atoms with Crippen LogP contribution in [0.25, 0.3) is 0 Å². The summed E-state index contributed by atoms with van der Waals surface area (Å²) in [6, 6.07) is 1.68. The third kappa shape index (κ3) is 2.06. The first-order valence-electron chi connectivity index (χ1n) is 5.07. The molecule has 80 valence electrons. The second-order valence-corrected chi connectivity index (χ2v) is 5.34. The highest BCUT2D eigenvalue weighted by molar-refractivity contribution is 5.09. The van der Waals surface area contributed by atoms with Crippen molar-refractivity contribution in [3.63, 3.8) is 0 Å². The Morgan fingerprint density at radius 2 is 2.07 bits per heavy atom. The molecule has 0 aromatic carbocycles. The van der Waals surface area contributed by atoms with E-state index in [0.29, 0.717) is 6.42 Å². The highest BCUT2D eigenvalue weighted by atomic mass is 19.1. The molecule has 0 spiro atoms. The average molecular weight is 199 g/mol. The Morgan fingerprint density at radius 3 is 2.43 bits per heavy atom. The summed E-state index contributed by atoms with van der Waals surface area (Å²) in [5.74, 6) is 0.256. The predicted octanol–water partition coefficient (Wildman–Crippen LogP) is 2.43. The van der Waals surface area contributed by atoms with Crippen LogP contribution in [0.2, 0.25) is 0 Å². The highest BCUT2D eigenvalue weighted by Gasteiger charge is 2.45. The molecule has 14 heavy (non-hydrogen) atoms. The summed E-state index contributed by atoms with van der Waals surface area (Å²) in [7, 11) is 0. The van der Waals surface area contributed by atoms with Crippen molar-refractivity contribution in [2.24, 2.45) is 11.3 Å². The number of nitriles is 1. The number of hydrogen-bond donors (Lipinski definition) is 1. The summed E-state index contributed by atoms with van der Waals surface area (Å²) >= 11 is 0. The topological polar surface area (TPSA) is 44.0 Å². The van der Waals surface area contributed by atoms with Gasteiger partial charge in [-0.15, -0.1) is 0 Å². The molecule has 0 amide bonds. The molecule has 1 saturated carbocycles. The quantitative estimate of drug-likeness (QED) is 0.609. The van der Waals surface area contributed by atoms with Gasteiger partial charge in [0.2, 0.25) is 0 Å². The largest absolute Gasteiger partial charge is 0.373 e. The molecule has 1 rings (SSSR count). The van der Waals surface area contributed by atoms with Crippen LogP contribution in [0.5, 0.6) is 0 Å². The molecule has 1 N–H and O–H groups in total. The van der Waals surface area contributed by atoms with Gasteiger partial charge in [0.05, 0.1) is 0 Å². The number of alkyl halides is 1. The average Bonchev–Trinajstić information content (AvgIpc) is 2.08. The van der Waals surface area contributed by atoms with E-state index in [1.807, 2.05) is 0 Å². The molecule has 1 aliphatic rings. The second kappa shape index (κ2) is 3.51. The van der Waals surface area contributed by atoms with Crippen LogP contribution in [-0.4, -0.2) is 16.9 Å². The van der Waals surface area contributed by atoms with Crippen molar-refractivity contribution < 1.29 is 9.50 Å². The van der Waals surface area contributed by atoms with Crippen LogP contribution in [0.3, 0.4) is 0 Å². The lowest BCUT2D eigenvalue weighted by molar-refractivity contribution is -0.0487. The Bertz CT molecular complexity index is 253. The van der Waals surface area contributed by atoms with Crippen molar-refractivity contribution in [2.45, 2.75) is 51.8 Å². The first-order valence-corrected chi connectivity index (χ1v) is 5.07. The fourth-order valence-electron chi connectivity index (χ4n) is 2.03. The number of nitrogens with zero attached hydrogens (tertiary/aromatic N) is 1. The molecule has 0 heterocycles. The van der Waals surface area contributed by atoms with Gasteiger partial charge < -0.3 is 5.11 Å². The van der Waals surface area contributed by atoms with Crippen LogP contribution in [0, 0.1) is 22.7 Å². The van der Waals surface area contributed by atoms with Crippen molar-refractivity contribution in [1.82, 2.24) is 0 Å². The van der Waals surface area contributed by atoms with Gasteiger partial charge in [0.25, 0.3) is 0 Å². The Labute approximate surface area is 84.7 Å². The zero-order valence-electron chi connectivity index (χ0n) is 9.05. The zero-order valence-corrected chi connectivity index (χ0v) is 9.05. The van der Waals surface area contributed by atoms with Gasteiger partial charge in [0.15, 0.2) is 5.60 Å². The van der Waals surface area contributed by atoms with Gasteiger partial charge in [-0.25, -0.2) is 4.39 Å². The Kier molecular flexibility index (Phi) is 2.87. The monoisotopic (exact) mass is 199 g/mol. The van der Waals surface area contributed by atoms with Gasteiger partial charge in [-0.05, 0) is 30.6 Å². The van der Waals surface area contributed by atoms with E-state index in [1.165, 1.54) is 0 Å². The zero-order chi connectivity index (χ0) is 11.0. The standard InChI is InChI=1S/C11H18FNO/c1-10(2,3)8-4-5-11(14,7-13)9(12)6-8/h8-9,14H,4-6H2,1-3H3/t8-,9+,11-/m0/s1. The molecular formula is C11H18FNO. The SMILES string of the molecule is CC(C)(C)[C@H]1CC[C@](O)(C#N)[C@H](F)C1. The summed E-state index contributed by atoms with van der Waals surface area (Å²) < 4.78 is 13.5. The summed E-state index contributed by atoms with van der Waals surface area (Å²) in [6.07, 6.45) is -0.112. The molecule has 0 aromatic heterocycles. The lowest BCUT2D eigenvalue weighted by atomic mass is 9.68. The minimum atomic E-state index is -1.73. The molecule has 0 unspecified atom stereocenters. The summed E-state index contributed by atoms with van der Waals surface area (Å²) in [4.78, 5) is 0. The van der Waals surface area contributed by atoms with E-state index in [0.717, 1.165) is 6.42 Å². The fourth-order valence-corrected chi connectivity index (χ4v) is 2.03. The maximum Gasteiger partial charge on any atom is 0.182 e. The molecular weight excluding hydrogens is 181 g/mol. The van der Waals surface area contributed by atoms with E-state index in [-0.39, 0.29) is 17.8 Å². The first-order chi connectivity index (χ1) is 6.29. The van der Waals surface area contributed by atoms with Gasteiger partial charge >= 0.3 is 0 Å². The lowest BCUT2D eigenvalue weighted by Gasteiger charge is -2.40. The molecule has 0 bridgehead atoms. The van der Waals surface area contributed by atoms with Crippen LogP contribution in [0.4, 0.5) is 4.39 Å². The molecule has 1 aliphatic carbocycles. The molecule has 3 heteroatoms.